The monoisotopic (exact) mass is 1470 g/mol. The number of alkyl halides is 20. The molecule has 0 aliphatic carbocycles. The Morgan fingerprint density at radius 1 is 0.392 bits per heavy atom. The van der Waals surface area contributed by atoms with Crippen LogP contribution in [0.1, 0.15) is 63.5 Å². The molecule has 44 heteroatoms. The average Bonchev–Trinajstić information content (AvgIpc) is 1.62. The van der Waals surface area contributed by atoms with E-state index in [0.717, 1.165) is 43.2 Å². The van der Waals surface area contributed by atoms with Crippen LogP contribution >= 0.6 is 0 Å². The van der Waals surface area contributed by atoms with Gasteiger partial charge in [-0.1, -0.05) is 0 Å². The van der Waals surface area contributed by atoms with Crippen molar-refractivity contribution in [3.63, 3.8) is 0 Å². The maximum absolute atomic E-state index is 13.8. The van der Waals surface area contributed by atoms with E-state index < -0.39 is 103 Å². The average molecular weight is 1470 g/mol. The van der Waals surface area contributed by atoms with E-state index in [2.05, 4.69) is 90.3 Å². The molecule has 0 aliphatic heterocycles. The molecule has 0 amide bonds. The van der Waals surface area contributed by atoms with Crippen molar-refractivity contribution in [3.05, 3.63) is 150 Å². The third-order valence-electron chi connectivity index (χ3n) is 13.0. The molecule has 1 unspecified atom stereocenters. The predicted octanol–water partition coefficient (Wildman–Crippen LogP) is 14.4. The van der Waals surface area contributed by atoms with E-state index in [9.17, 15) is 92.2 Å². The van der Waals surface area contributed by atoms with E-state index in [1.54, 1.807) is 0 Å². The molecule has 0 N–H and O–H groups in total. The Kier molecular flexibility index (Phi) is 20.8. The van der Waals surface area contributed by atoms with Gasteiger partial charge in [0.2, 0.25) is 40.9 Å². The summed E-state index contributed by atoms with van der Waals surface area (Å²) in [5.74, 6) is -18.5. The van der Waals surface area contributed by atoms with Gasteiger partial charge in [-0.05, 0) is 98.8 Å². The van der Waals surface area contributed by atoms with Crippen LogP contribution in [0.25, 0.3) is 67.6 Å². The number of aromatic nitrogens is 19. The van der Waals surface area contributed by atoms with Crippen molar-refractivity contribution in [2.24, 2.45) is 0 Å². The first-order valence-electron chi connectivity index (χ1n) is 28.3. The zero-order chi connectivity index (χ0) is 74.9. The van der Waals surface area contributed by atoms with E-state index in [4.69, 9.17) is 4.74 Å². The first kappa shape index (κ1) is 74.8. The first-order valence-corrected chi connectivity index (χ1v) is 28.3. The molecule has 1 atom stereocenters. The van der Waals surface area contributed by atoms with Crippen LogP contribution in [0.5, 0.6) is 23.4 Å². The number of halogens is 21. The zero-order valence-corrected chi connectivity index (χ0v) is 52.0. The number of ether oxygens (including phenoxy) is 4. The first-order chi connectivity index (χ1) is 47.3. The third-order valence-corrected chi connectivity index (χ3v) is 13.0. The van der Waals surface area contributed by atoms with Crippen LogP contribution in [0.3, 0.4) is 0 Å². The molecule has 0 aliphatic rings. The highest BCUT2D eigenvalue weighted by molar-refractivity contribution is 5.64. The summed E-state index contributed by atoms with van der Waals surface area (Å²) in [6.45, 7) is 2.10. The van der Waals surface area contributed by atoms with Gasteiger partial charge in [0.25, 0.3) is 0 Å². The maximum Gasteiger partial charge on any atom is 0.573 e. The maximum atomic E-state index is 13.8. The van der Waals surface area contributed by atoms with E-state index in [1.807, 2.05) is 0 Å². The number of rotatable bonds is 15. The fourth-order valence-corrected chi connectivity index (χ4v) is 8.36. The molecule has 0 radical (unpaired) electrons. The molecule has 0 saturated heterocycles. The predicted molar refractivity (Wildman–Crippen MR) is 307 cm³/mol. The number of hydrogen-bond donors (Lipinski definition) is 0. The minimum atomic E-state index is -5.04. The lowest BCUT2D eigenvalue weighted by Gasteiger charge is -2.16. The Morgan fingerprint density at radius 2 is 0.745 bits per heavy atom. The van der Waals surface area contributed by atoms with Crippen LogP contribution in [0.15, 0.2) is 116 Å². The van der Waals surface area contributed by atoms with Crippen molar-refractivity contribution in [2.45, 2.75) is 96.2 Å². The third kappa shape index (κ3) is 18.9. The van der Waals surface area contributed by atoms with Gasteiger partial charge >= 0.3 is 48.6 Å². The van der Waals surface area contributed by atoms with Gasteiger partial charge in [0.05, 0.1) is 22.8 Å². The Labute approximate surface area is 554 Å². The summed E-state index contributed by atoms with van der Waals surface area (Å²) in [6.07, 6.45) is -16.8. The molecular formula is C58H42F21N19O4. The van der Waals surface area contributed by atoms with E-state index in [0.29, 0.717) is 49.9 Å². The molecule has 11 aromatic heterocycles. The van der Waals surface area contributed by atoms with Crippen molar-refractivity contribution < 1.29 is 111 Å². The number of nitrogens with zero attached hydrogens (tertiary/aromatic N) is 19. The van der Waals surface area contributed by atoms with Crippen molar-refractivity contribution in [1.82, 2.24) is 94.2 Å². The molecule has 12 rings (SSSR count). The number of fused-ring (bicyclic) bond motifs is 4. The molecule has 0 spiro atoms. The standard InChI is InChI=1S/2C15H12F5N5O.C14H8F6N4O.C14H10F5N5O/c1-8(15(18,19)20)26-12-6-3-9(7-21-12)10-4-5-11-22-23-13(14(2,16)17)25(11)24-10;1-8-5-9(6-21-12(8)26-7-15(18,19)20)10-3-4-11-22-23-13(14(2,16)17)25(11)24-10;1-13(16,17)12-22-21-11-5-3-9(23-24(11)12)7-2-4-10(8(15)6-7)25-14(18,19)20;1-13(15,16)12-22-21-10-4-3-9(23-24(10)12)8-2-5-11(20-6-8)25-7-14(17,18)19/h3-8H,1-2H3;3-6H,7H2,1-2H3;2-6H,1H3;2-6H,7H2,1H3. The normalized spacial score (nSPS) is 12.9. The lowest BCUT2D eigenvalue weighted by atomic mass is 10.1. The van der Waals surface area contributed by atoms with Crippen LogP contribution in [-0.2, 0) is 23.7 Å². The number of benzene rings is 1. The Morgan fingerprint density at radius 3 is 1.08 bits per heavy atom. The van der Waals surface area contributed by atoms with E-state index in [1.165, 1.54) is 104 Å². The summed E-state index contributed by atoms with van der Waals surface area (Å²) >= 11 is 0. The fourth-order valence-electron chi connectivity index (χ4n) is 8.36. The van der Waals surface area contributed by atoms with Crippen molar-refractivity contribution in [3.8, 4) is 68.4 Å². The SMILES string of the molecule is CC(F)(F)c1nnc2ccc(-c3ccc(OC(F)(F)F)c(F)c3)nn12.CC(F)(F)c1nnc2ccc(-c3ccc(OCC(F)(F)F)nc3)nn12.CC(Oc1ccc(-c2ccc3nnc(C(C)(F)F)n3n2)cn1)C(F)(F)F.Cc1cc(-c2ccc3nnc(C(C)(F)F)n3n2)cnc1OCC(F)(F)F. The minimum absolute atomic E-state index is 0.0373. The molecular weight excluding hydrogens is 1430 g/mol. The van der Waals surface area contributed by atoms with Crippen LogP contribution in [0, 0.1) is 12.7 Å². The van der Waals surface area contributed by atoms with Gasteiger partial charge in [0, 0.05) is 86.2 Å². The summed E-state index contributed by atoms with van der Waals surface area (Å²) < 4.78 is 290. The number of hydrogen-bond acceptors (Lipinski definition) is 19. The summed E-state index contributed by atoms with van der Waals surface area (Å²) in [4.78, 5) is 11.4. The highest BCUT2D eigenvalue weighted by Crippen LogP contribution is 2.34. The molecule has 540 valence electrons. The Hall–Kier alpha value is -11.4. The second kappa shape index (κ2) is 28.3. The Balaban J connectivity index is 0.000000158. The summed E-state index contributed by atoms with van der Waals surface area (Å²) in [6, 6.07) is 21.0. The minimum Gasteiger partial charge on any atom is -0.468 e. The lowest BCUT2D eigenvalue weighted by Crippen LogP contribution is -2.31. The molecule has 11 heterocycles. The number of pyridine rings is 3. The largest absolute Gasteiger partial charge is 0.573 e. The van der Waals surface area contributed by atoms with Gasteiger partial charge in [-0.3, -0.25) is 0 Å². The molecule has 12 aromatic rings. The molecule has 0 saturated carbocycles. The van der Waals surface area contributed by atoms with Gasteiger partial charge in [0.1, 0.15) is 0 Å². The molecule has 102 heavy (non-hydrogen) atoms. The Bertz CT molecular complexity index is 4910. The van der Waals surface area contributed by atoms with Crippen LogP contribution in [0.2, 0.25) is 0 Å². The zero-order valence-electron chi connectivity index (χ0n) is 52.0. The second-order valence-corrected chi connectivity index (χ2v) is 21.5. The van der Waals surface area contributed by atoms with Gasteiger partial charge in [-0.15, -0.1) is 54.0 Å². The fraction of sp³-hybridized carbons (Fsp3) is 0.293. The summed E-state index contributed by atoms with van der Waals surface area (Å²) in [7, 11) is 0. The summed E-state index contributed by atoms with van der Waals surface area (Å²) in [5, 5.41) is 44.1. The quantitative estimate of drug-likeness (QED) is 0.0865. The lowest BCUT2D eigenvalue weighted by molar-refractivity contribution is -0.275. The van der Waals surface area contributed by atoms with Gasteiger partial charge in [-0.2, -0.15) is 113 Å². The summed E-state index contributed by atoms with van der Waals surface area (Å²) in [5.41, 5.74) is 2.94. The van der Waals surface area contributed by atoms with Gasteiger partial charge < -0.3 is 18.9 Å². The van der Waals surface area contributed by atoms with Crippen LogP contribution in [0.4, 0.5) is 92.2 Å². The number of aryl methyl sites for hydroxylation is 1. The smallest absolute Gasteiger partial charge is 0.468 e. The van der Waals surface area contributed by atoms with E-state index in [-0.39, 0.29) is 68.6 Å². The molecule has 23 nitrogen and oxygen atoms in total. The molecule has 1 aromatic carbocycles. The topological polar surface area (TPSA) is 248 Å². The highest BCUT2D eigenvalue weighted by atomic mass is 19.4. The van der Waals surface area contributed by atoms with Crippen molar-refractivity contribution in [2.75, 3.05) is 13.2 Å². The van der Waals surface area contributed by atoms with E-state index >= 15 is 0 Å². The second-order valence-electron chi connectivity index (χ2n) is 21.5. The van der Waals surface area contributed by atoms with Crippen molar-refractivity contribution >= 4 is 22.6 Å². The van der Waals surface area contributed by atoms with Crippen LogP contribution < -0.4 is 18.9 Å². The van der Waals surface area contributed by atoms with Crippen LogP contribution in [-0.4, -0.2) is 138 Å². The molecule has 0 fully saturated rings. The molecule has 0 bridgehead atoms. The van der Waals surface area contributed by atoms with Gasteiger partial charge in [-0.25, -0.2) is 19.3 Å². The highest BCUT2D eigenvalue weighted by Gasteiger charge is 2.40. The van der Waals surface area contributed by atoms with Gasteiger partial charge in [0.15, 0.2) is 53.5 Å². The van der Waals surface area contributed by atoms with Crippen molar-refractivity contribution in [1.29, 1.82) is 0 Å².